The molecule has 0 amide bonds. The predicted molar refractivity (Wildman–Crippen MR) is 79.7 cm³/mol. The topological polar surface area (TPSA) is 42.4 Å². The summed E-state index contributed by atoms with van der Waals surface area (Å²) in [6.45, 7) is 0.00000181. The highest BCUT2D eigenvalue weighted by Gasteiger charge is 2.07. The van der Waals surface area contributed by atoms with E-state index in [-0.39, 0.29) is 6.61 Å². The van der Waals surface area contributed by atoms with E-state index in [1.807, 2.05) is 54.6 Å². The molecule has 1 aromatic heterocycles. The Morgan fingerprint density at radius 3 is 2.70 bits per heavy atom. The van der Waals surface area contributed by atoms with Crippen molar-refractivity contribution >= 4 is 10.9 Å². The van der Waals surface area contributed by atoms with Crippen molar-refractivity contribution in [3.05, 3.63) is 60.2 Å². The number of para-hydroxylation sites is 1. The monoisotopic (exact) mass is 265 g/mol. The van der Waals surface area contributed by atoms with Crippen molar-refractivity contribution < 1.29 is 9.84 Å². The van der Waals surface area contributed by atoms with E-state index in [4.69, 9.17) is 4.74 Å². The summed E-state index contributed by atoms with van der Waals surface area (Å²) in [7, 11) is 1.64. The second-order valence-corrected chi connectivity index (χ2v) is 4.57. The van der Waals surface area contributed by atoms with Crippen molar-refractivity contribution in [2.75, 3.05) is 7.11 Å². The number of nitrogens with zero attached hydrogens (tertiary/aromatic N) is 1. The zero-order chi connectivity index (χ0) is 13.9. The molecular weight excluding hydrogens is 250 g/mol. The van der Waals surface area contributed by atoms with Crippen LogP contribution in [0.1, 0.15) is 5.56 Å². The van der Waals surface area contributed by atoms with Crippen LogP contribution < -0.4 is 4.74 Å². The van der Waals surface area contributed by atoms with Crippen molar-refractivity contribution in [3.8, 4) is 17.0 Å². The first-order chi connectivity index (χ1) is 9.81. The second kappa shape index (κ2) is 5.31. The van der Waals surface area contributed by atoms with Gasteiger partial charge in [-0.25, -0.2) is 4.98 Å². The van der Waals surface area contributed by atoms with Gasteiger partial charge in [0.1, 0.15) is 5.75 Å². The van der Waals surface area contributed by atoms with Crippen molar-refractivity contribution in [3.63, 3.8) is 0 Å². The van der Waals surface area contributed by atoms with Crippen LogP contribution in [0.5, 0.6) is 5.75 Å². The van der Waals surface area contributed by atoms with Crippen LogP contribution in [0.2, 0.25) is 0 Å². The van der Waals surface area contributed by atoms with E-state index < -0.39 is 0 Å². The molecule has 2 aromatic carbocycles. The molecule has 0 atom stereocenters. The second-order valence-electron chi connectivity index (χ2n) is 4.57. The molecule has 3 heteroatoms. The molecule has 0 aliphatic carbocycles. The number of hydrogen-bond acceptors (Lipinski definition) is 3. The van der Waals surface area contributed by atoms with E-state index >= 15 is 0 Å². The molecule has 1 heterocycles. The molecule has 0 bridgehead atoms. The van der Waals surface area contributed by atoms with E-state index in [0.717, 1.165) is 33.5 Å². The molecule has 0 radical (unpaired) electrons. The third-order valence-electron chi connectivity index (χ3n) is 3.34. The molecule has 0 saturated heterocycles. The summed E-state index contributed by atoms with van der Waals surface area (Å²) in [4.78, 5) is 4.66. The summed E-state index contributed by atoms with van der Waals surface area (Å²) in [5.41, 5.74) is 3.58. The van der Waals surface area contributed by atoms with Crippen LogP contribution in [-0.2, 0) is 6.61 Å². The first kappa shape index (κ1) is 12.6. The van der Waals surface area contributed by atoms with Crippen LogP contribution in [0.4, 0.5) is 0 Å². The SMILES string of the molecule is COc1cccc(-c2cc(CO)c3ccccc3n2)c1. The Labute approximate surface area is 117 Å². The van der Waals surface area contributed by atoms with Gasteiger partial charge >= 0.3 is 0 Å². The van der Waals surface area contributed by atoms with Gasteiger partial charge in [0.05, 0.1) is 24.9 Å². The summed E-state index contributed by atoms with van der Waals surface area (Å²) in [5.74, 6) is 0.794. The smallest absolute Gasteiger partial charge is 0.119 e. The Morgan fingerprint density at radius 1 is 1.05 bits per heavy atom. The Hall–Kier alpha value is -2.39. The molecular formula is C17H15NO2. The summed E-state index contributed by atoms with van der Waals surface area (Å²) >= 11 is 0. The quantitative estimate of drug-likeness (QED) is 0.789. The van der Waals surface area contributed by atoms with Crippen LogP contribution in [0.25, 0.3) is 22.2 Å². The molecule has 0 fully saturated rings. The highest BCUT2D eigenvalue weighted by Crippen LogP contribution is 2.27. The molecule has 100 valence electrons. The molecule has 20 heavy (non-hydrogen) atoms. The van der Waals surface area contributed by atoms with Gasteiger partial charge in [0.15, 0.2) is 0 Å². The molecule has 0 aliphatic heterocycles. The van der Waals surface area contributed by atoms with Gasteiger partial charge in [-0.2, -0.15) is 0 Å². The minimum absolute atomic E-state index is 0.00000181. The number of pyridine rings is 1. The van der Waals surface area contributed by atoms with Crippen molar-refractivity contribution in [2.24, 2.45) is 0 Å². The first-order valence-electron chi connectivity index (χ1n) is 6.46. The summed E-state index contributed by atoms with van der Waals surface area (Å²) in [6, 6.07) is 17.5. The third-order valence-corrected chi connectivity index (χ3v) is 3.34. The average Bonchev–Trinajstić information content (AvgIpc) is 2.53. The van der Waals surface area contributed by atoms with Gasteiger partial charge in [-0.05, 0) is 29.8 Å². The fourth-order valence-corrected chi connectivity index (χ4v) is 2.31. The highest BCUT2D eigenvalue weighted by atomic mass is 16.5. The van der Waals surface area contributed by atoms with Crippen molar-refractivity contribution in [1.82, 2.24) is 4.98 Å². The van der Waals surface area contributed by atoms with Gasteiger partial charge in [0, 0.05) is 10.9 Å². The number of aromatic nitrogens is 1. The standard InChI is InChI=1S/C17H15NO2/c1-20-14-6-4-5-12(9-14)17-10-13(11-19)15-7-2-3-8-16(15)18-17/h2-10,19H,11H2,1H3. The van der Waals surface area contributed by atoms with E-state index in [9.17, 15) is 5.11 Å². The van der Waals surface area contributed by atoms with E-state index in [0.29, 0.717) is 0 Å². The molecule has 3 aromatic rings. The molecule has 0 unspecified atom stereocenters. The lowest BCUT2D eigenvalue weighted by molar-refractivity contribution is 0.283. The lowest BCUT2D eigenvalue weighted by atomic mass is 10.0. The number of benzene rings is 2. The number of hydrogen-bond donors (Lipinski definition) is 1. The molecule has 3 rings (SSSR count). The normalized spacial score (nSPS) is 10.7. The minimum atomic E-state index is 0.00000181. The summed E-state index contributed by atoms with van der Waals surface area (Å²) in [6.07, 6.45) is 0. The van der Waals surface area contributed by atoms with Crippen LogP contribution in [-0.4, -0.2) is 17.2 Å². The molecule has 0 aliphatic rings. The number of methoxy groups -OCH3 is 1. The molecule has 0 spiro atoms. The fourth-order valence-electron chi connectivity index (χ4n) is 2.31. The number of aliphatic hydroxyl groups is 1. The number of aliphatic hydroxyl groups excluding tert-OH is 1. The lowest BCUT2D eigenvalue weighted by Gasteiger charge is -2.09. The van der Waals surface area contributed by atoms with Gasteiger partial charge in [0.25, 0.3) is 0 Å². The average molecular weight is 265 g/mol. The van der Waals surface area contributed by atoms with E-state index in [2.05, 4.69) is 4.98 Å². The van der Waals surface area contributed by atoms with Gasteiger partial charge in [-0.15, -0.1) is 0 Å². The Bertz CT molecular complexity index is 753. The van der Waals surface area contributed by atoms with E-state index in [1.54, 1.807) is 7.11 Å². The molecule has 1 N–H and O–H groups in total. The maximum atomic E-state index is 9.56. The van der Waals surface area contributed by atoms with Crippen LogP contribution in [0, 0.1) is 0 Å². The predicted octanol–water partition coefficient (Wildman–Crippen LogP) is 3.40. The largest absolute Gasteiger partial charge is 0.497 e. The maximum Gasteiger partial charge on any atom is 0.119 e. The maximum absolute atomic E-state index is 9.56. The van der Waals surface area contributed by atoms with Crippen LogP contribution in [0.15, 0.2) is 54.6 Å². The number of ether oxygens (including phenoxy) is 1. The van der Waals surface area contributed by atoms with Gasteiger partial charge in [0.2, 0.25) is 0 Å². The zero-order valence-electron chi connectivity index (χ0n) is 11.2. The summed E-state index contributed by atoms with van der Waals surface area (Å²) in [5, 5.41) is 10.5. The summed E-state index contributed by atoms with van der Waals surface area (Å²) < 4.78 is 5.24. The number of rotatable bonds is 3. The Balaban J connectivity index is 2.20. The Morgan fingerprint density at radius 2 is 1.90 bits per heavy atom. The molecule has 3 nitrogen and oxygen atoms in total. The van der Waals surface area contributed by atoms with Gasteiger partial charge < -0.3 is 9.84 Å². The lowest BCUT2D eigenvalue weighted by Crippen LogP contribution is -1.93. The van der Waals surface area contributed by atoms with Gasteiger partial charge in [-0.3, -0.25) is 0 Å². The zero-order valence-corrected chi connectivity index (χ0v) is 11.2. The van der Waals surface area contributed by atoms with Crippen LogP contribution in [0.3, 0.4) is 0 Å². The van der Waals surface area contributed by atoms with Crippen molar-refractivity contribution in [2.45, 2.75) is 6.61 Å². The Kier molecular flexibility index (Phi) is 3.35. The minimum Gasteiger partial charge on any atom is -0.497 e. The first-order valence-corrected chi connectivity index (χ1v) is 6.46. The highest BCUT2D eigenvalue weighted by molar-refractivity contribution is 5.85. The fraction of sp³-hybridized carbons (Fsp3) is 0.118. The van der Waals surface area contributed by atoms with Crippen LogP contribution >= 0.6 is 0 Å². The molecule has 0 saturated carbocycles. The number of fused-ring (bicyclic) bond motifs is 1. The van der Waals surface area contributed by atoms with Gasteiger partial charge in [-0.1, -0.05) is 30.3 Å². The third kappa shape index (κ3) is 2.24. The van der Waals surface area contributed by atoms with E-state index in [1.165, 1.54) is 0 Å². The van der Waals surface area contributed by atoms with Crippen molar-refractivity contribution in [1.29, 1.82) is 0 Å².